The third-order valence-corrected chi connectivity index (χ3v) is 6.84. The van der Waals surface area contributed by atoms with Crippen LogP contribution in [-0.4, -0.2) is 35.4 Å². The molecular weight excluding hydrogens is 424 g/mol. The van der Waals surface area contributed by atoms with E-state index in [1.54, 1.807) is 11.8 Å². The molecule has 6 heteroatoms. The highest BCUT2D eigenvalue weighted by Crippen LogP contribution is 2.26. The maximum atomic E-state index is 13.2. The molecule has 1 fully saturated rings. The molecule has 1 atom stereocenters. The Morgan fingerprint density at radius 1 is 1.09 bits per heavy atom. The summed E-state index contributed by atoms with van der Waals surface area (Å²) in [5.74, 6) is 0.251. The van der Waals surface area contributed by atoms with Gasteiger partial charge in [-0.3, -0.25) is 9.59 Å². The zero-order chi connectivity index (χ0) is 23.3. The summed E-state index contributed by atoms with van der Waals surface area (Å²) >= 11 is 6.24. The summed E-state index contributed by atoms with van der Waals surface area (Å²) in [6.45, 7) is 7.82. The van der Waals surface area contributed by atoms with Crippen molar-refractivity contribution in [2.75, 3.05) is 6.61 Å². The Morgan fingerprint density at radius 2 is 1.72 bits per heavy atom. The molecule has 5 nitrogen and oxygen atoms in total. The zero-order valence-corrected chi connectivity index (χ0v) is 20.2. The number of nitrogens with zero attached hydrogens (tertiary/aromatic N) is 1. The minimum Gasteiger partial charge on any atom is -0.484 e. The van der Waals surface area contributed by atoms with E-state index < -0.39 is 6.04 Å². The van der Waals surface area contributed by atoms with Crippen LogP contribution in [-0.2, 0) is 16.1 Å². The van der Waals surface area contributed by atoms with Gasteiger partial charge in [0.15, 0.2) is 6.61 Å². The van der Waals surface area contributed by atoms with Gasteiger partial charge >= 0.3 is 0 Å². The van der Waals surface area contributed by atoms with Crippen molar-refractivity contribution in [2.45, 2.75) is 72.0 Å². The van der Waals surface area contributed by atoms with Crippen molar-refractivity contribution in [3.05, 3.63) is 63.7 Å². The lowest BCUT2D eigenvalue weighted by molar-refractivity contribution is -0.142. The Balaban J connectivity index is 1.75. The molecule has 2 aromatic rings. The smallest absolute Gasteiger partial charge is 0.261 e. The molecular formula is C26H33ClN2O3. The van der Waals surface area contributed by atoms with Gasteiger partial charge in [-0.2, -0.15) is 0 Å². The number of amides is 2. The molecule has 0 heterocycles. The predicted molar refractivity (Wildman–Crippen MR) is 128 cm³/mol. The Hall–Kier alpha value is -2.53. The number of halogens is 1. The van der Waals surface area contributed by atoms with Gasteiger partial charge in [0.25, 0.3) is 5.91 Å². The molecule has 2 aromatic carbocycles. The van der Waals surface area contributed by atoms with Gasteiger partial charge in [-0.05, 0) is 74.9 Å². The molecule has 0 saturated heterocycles. The van der Waals surface area contributed by atoms with Gasteiger partial charge in [-0.15, -0.1) is 0 Å². The summed E-state index contributed by atoms with van der Waals surface area (Å²) in [4.78, 5) is 27.8. The van der Waals surface area contributed by atoms with Crippen molar-refractivity contribution in [1.29, 1.82) is 0 Å². The van der Waals surface area contributed by atoms with E-state index in [2.05, 4.69) is 5.32 Å². The van der Waals surface area contributed by atoms with Crippen LogP contribution in [0, 0.1) is 20.8 Å². The van der Waals surface area contributed by atoms with Crippen LogP contribution in [0.25, 0.3) is 0 Å². The average molecular weight is 457 g/mol. The second-order valence-corrected chi connectivity index (χ2v) is 9.15. The molecule has 32 heavy (non-hydrogen) atoms. The zero-order valence-electron chi connectivity index (χ0n) is 19.4. The van der Waals surface area contributed by atoms with Crippen molar-refractivity contribution in [1.82, 2.24) is 10.2 Å². The van der Waals surface area contributed by atoms with Crippen molar-refractivity contribution in [2.24, 2.45) is 0 Å². The van der Waals surface area contributed by atoms with E-state index in [0.717, 1.165) is 47.9 Å². The number of hydrogen-bond donors (Lipinski definition) is 1. The minimum absolute atomic E-state index is 0.114. The molecule has 1 saturated carbocycles. The Kier molecular flexibility index (Phi) is 8.19. The van der Waals surface area contributed by atoms with Crippen LogP contribution >= 0.6 is 11.6 Å². The number of nitrogens with one attached hydrogen (secondary N) is 1. The molecule has 3 rings (SSSR count). The lowest BCUT2D eigenvalue weighted by atomic mass is 10.1. The maximum Gasteiger partial charge on any atom is 0.261 e. The van der Waals surface area contributed by atoms with Crippen LogP contribution in [0.3, 0.4) is 0 Å². The quantitative estimate of drug-likeness (QED) is 0.599. The van der Waals surface area contributed by atoms with E-state index >= 15 is 0 Å². The Labute approximate surface area is 196 Å². The molecule has 0 bridgehead atoms. The van der Waals surface area contributed by atoms with Crippen molar-refractivity contribution >= 4 is 23.4 Å². The highest BCUT2D eigenvalue weighted by atomic mass is 35.5. The molecule has 1 aliphatic carbocycles. The third kappa shape index (κ3) is 6.04. The fourth-order valence-corrected chi connectivity index (χ4v) is 4.27. The number of hydrogen-bond acceptors (Lipinski definition) is 3. The van der Waals surface area contributed by atoms with E-state index in [4.69, 9.17) is 16.3 Å². The highest BCUT2D eigenvalue weighted by molar-refractivity contribution is 6.32. The molecule has 1 aliphatic rings. The fourth-order valence-electron chi connectivity index (χ4n) is 4.16. The van der Waals surface area contributed by atoms with Crippen LogP contribution < -0.4 is 10.1 Å². The summed E-state index contributed by atoms with van der Waals surface area (Å²) in [5.41, 5.74) is 3.89. The van der Waals surface area contributed by atoms with Crippen LogP contribution in [0.4, 0.5) is 0 Å². The number of ether oxygens (including phenoxy) is 1. The molecule has 0 aromatic heterocycles. The monoisotopic (exact) mass is 456 g/mol. The van der Waals surface area contributed by atoms with Crippen LogP contribution in [0.1, 0.15) is 54.9 Å². The highest BCUT2D eigenvalue weighted by Gasteiger charge is 2.29. The van der Waals surface area contributed by atoms with Gasteiger partial charge in [-0.25, -0.2) is 0 Å². The molecule has 0 aliphatic heterocycles. The van der Waals surface area contributed by atoms with E-state index in [1.807, 2.05) is 57.2 Å². The maximum absolute atomic E-state index is 13.2. The first-order valence-corrected chi connectivity index (χ1v) is 11.7. The summed E-state index contributed by atoms with van der Waals surface area (Å²) in [7, 11) is 0. The van der Waals surface area contributed by atoms with Gasteiger partial charge in [-0.1, -0.05) is 48.7 Å². The van der Waals surface area contributed by atoms with Crippen molar-refractivity contribution in [3.63, 3.8) is 0 Å². The number of rotatable bonds is 8. The topological polar surface area (TPSA) is 58.6 Å². The minimum atomic E-state index is -0.597. The van der Waals surface area contributed by atoms with Crippen molar-refractivity contribution in [3.8, 4) is 5.75 Å². The standard InChI is InChI=1S/C26H33ClN2O3/c1-17-9-5-6-10-21(17)15-29(20(4)26(31)28-22-11-7-8-12-22)24(30)16-32-23-13-18(2)25(27)19(3)14-23/h5-6,9-10,13-14,20,22H,7-8,11-12,15-16H2,1-4H3,(H,28,31). The summed E-state index contributed by atoms with van der Waals surface area (Å²) in [6.07, 6.45) is 4.28. The van der Waals surface area contributed by atoms with Gasteiger partial charge in [0.2, 0.25) is 5.91 Å². The van der Waals surface area contributed by atoms with E-state index in [-0.39, 0.29) is 24.5 Å². The number of benzene rings is 2. The average Bonchev–Trinajstić information content (AvgIpc) is 3.27. The second-order valence-electron chi connectivity index (χ2n) is 8.77. The molecule has 2 amide bonds. The summed E-state index contributed by atoms with van der Waals surface area (Å²) in [5, 5.41) is 3.82. The second kappa shape index (κ2) is 10.9. The third-order valence-electron chi connectivity index (χ3n) is 6.24. The van der Waals surface area contributed by atoms with Crippen LogP contribution in [0.15, 0.2) is 36.4 Å². The van der Waals surface area contributed by atoms with E-state index in [0.29, 0.717) is 17.3 Å². The molecule has 1 unspecified atom stereocenters. The number of carbonyl (C=O) groups is 2. The van der Waals surface area contributed by atoms with Gasteiger partial charge in [0.1, 0.15) is 11.8 Å². The molecule has 1 N–H and O–H groups in total. The van der Waals surface area contributed by atoms with Gasteiger partial charge in [0.05, 0.1) is 0 Å². The first-order chi connectivity index (χ1) is 15.3. The van der Waals surface area contributed by atoms with E-state index in [1.165, 1.54) is 0 Å². The molecule has 172 valence electrons. The lowest BCUT2D eigenvalue weighted by Crippen LogP contribution is -2.50. The van der Waals surface area contributed by atoms with E-state index in [9.17, 15) is 9.59 Å². The molecule has 0 radical (unpaired) electrons. The fraction of sp³-hybridized carbons (Fsp3) is 0.462. The number of aryl methyl sites for hydroxylation is 3. The summed E-state index contributed by atoms with van der Waals surface area (Å²) < 4.78 is 5.82. The van der Waals surface area contributed by atoms with Crippen LogP contribution in [0.2, 0.25) is 5.02 Å². The number of carbonyl (C=O) groups excluding carboxylic acids is 2. The first kappa shape index (κ1) is 24.1. The lowest BCUT2D eigenvalue weighted by Gasteiger charge is -2.30. The Morgan fingerprint density at radius 3 is 2.34 bits per heavy atom. The van der Waals surface area contributed by atoms with Crippen LogP contribution in [0.5, 0.6) is 5.75 Å². The predicted octanol–water partition coefficient (Wildman–Crippen LogP) is 5.12. The summed E-state index contributed by atoms with van der Waals surface area (Å²) in [6, 6.07) is 11.2. The Bertz CT molecular complexity index is 946. The largest absolute Gasteiger partial charge is 0.484 e. The normalized spacial score (nSPS) is 14.8. The van der Waals surface area contributed by atoms with Gasteiger partial charge in [0, 0.05) is 17.6 Å². The van der Waals surface area contributed by atoms with Gasteiger partial charge < -0.3 is 15.0 Å². The SMILES string of the molecule is Cc1ccccc1CN(C(=O)COc1cc(C)c(Cl)c(C)c1)C(C)C(=O)NC1CCCC1. The van der Waals surface area contributed by atoms with Crippen molar-refractivity contribution < 1.29 is 14.3 Å². The first-order valence-electron chi connectivity index (χ1n) is 11.3. The molecule has 0 spiro atoms.